The van der Waals surface area contributed by atoms with Gasteiger partial charge in [-0.2, -0.15) is 0 Å². The summed E-state index contributed by atoms with van der Waals surface area (Å²) in [5.74, 6) is 0. The van der Waals surface area contributed by atoms with Crippen LogP contribution in [0.2, 0.25) is 18.1 Å². The van der Waals surface area contributed by atoms with Crippen LogP contribution in [0.5, 0.6) is 0 Å². The lowest BCUT2D eigenvalue weighted by Crippen LogP contribution is -2.44. The smallest absolute Gasteiger partial charge is 0.193 e. The van der Waals surface area contributed by atoms with E-state index in [-0.39, 0.29) is 10.6 Å². The van der Waals surface area contributed by atoms with Crippen molar-refractivity contribution in [2.45, 2.75) is 64.3 Å². The van der Waals surface area contributed by atoms with Crippen LogP contribution in [0.4, 0.5) is 0 Å². The number of aryl methyl sites for hydroxylation is 1. The number of aromatic nitrogens is 1. The van der Waals surface area contributed by atoms with Gasteiger partial charge in [-0.15, -0.1) is 0 Å². The number of nitrogens with zero attached hydrogens (tertiary/aromatic N) is 1. The minimum Gasteiger partial charge on any atom is -0.407 e. The van der Waals surface area contributed by atoms with Crippen molar-refractivity contribution in [1.82, 2.24) is 4.98 Å². The molecule has 106 valence electrons. The Morgan fingerprint density at radius 3 is 2.37 bits per heavy atom. The first-order chi connectivity index (χ1) is 8.57. The fourth-order valence-corrected chi connectivity index (χ4v) is 4.08. The highest BCUT2D eigenvalue weighted by Crippen LogP contribution is 2.54. The van der Waals surface area contributed by atoms with Crippen molar-refractivity contribution >= 4 is 24.2 Å². The normalized spacial score (nSPS) is 18.5. The average molecular weight is 342 g/mol. The van der Waals surface area contributed by atoms with Gasteiger partial charge in [-0.25, -0.2) is 0 Å². The van der Waals surface area contributed by atoms with E-state index in [2.05, 4.69) is 67.8 Å². The zero-order valence-electron chi connectivity index (χ0n) is 12.8. The van der Waals surface area contributed by atoms with Crippen LogP contribution in [0.3, 0.4) is 0 Å². The number of halogens is 1. The van der Waals surface area contributed by atoms with E-state index in [1.807, 2.05) is 6.20 Å². The molecule has 1 aromatic rings. The summed E-state index contributed by atoms with van der Waals surface area (Å²) in [6.07, 6.45) is 4.11. The van der Waals surface area contributed by atoms with Crippen LogP contribution in [0.15, 0.2) is 16.7 Å². The van der Waals surface area contributed by atoms with Gasteiger partial charge in [0.05, 0.1) is 5.60 Å². The van der Waals surface area contributed by atoms with Gasteiger partial charge in [0.1, 0.15) is 0 Å². The van der Waals surface area contributed by atoms with Crippen molar-refractivity contribution in [3.63, 3.8) is 0 Å². The molecule has 0 radical (unpaired) electrons. The lowest BCUT2D eigenvalue weighted by atomic mass is 10.1. The van der Waals surface area contributed by atoms with Gasteiger partial charge in [-0.05, 0) is 59.9 Å². The molecule has 0 spiro atoms. The van der Waals surface area contributed by atoms with Crippen molar-refractivity contribution < 1.29 is 4.43 Å². The fourth-order valence-electron chi connectivity index (χ4n) is 2.15. The summed E-state index contributed by atoms with van der Waals surface area (Å²) >= 11 is 3.53. The fraction of sp³-hybridized carbons (Fsp3) is 0.667. The molecule has 0 aliphatic heterocycles. The van der Waals surface area contributed by atoms with Crippen LogP contribution in [0.25, 0.3) is 0 Å². The van der Waals surface area contributed by atoms with Crippen molar-refractivity contribution in [2.24, 2.45) is 0 Å². The van der Waals surface area contributed by atoms with Crippen LogP contribution >= 0.6 is 15.9 Å². The first-order valence-corrected chi connectivity index (χ1v) is 10.6. The summed E-state index contributed by atoms with van der Waals surface area (Å²) in [5.41, 5.74) is 2.30. The summed E-state index contributed by atoms with van der Waals surface area (Å²) in [4.78, 5) is 4.47. The maximum atomic E-state index is 6.70. The first kappa shape index (κ1) is 15.2. The van der Waals surface area contributed by atoms with E-state index in [0.29, 0.717) is 0 Å². The number of pyridine rings is 1. The third kappa shape index (κ3) is 2.95. The van der Waals surface area contributed by atoms with E-state index in [1.165, 1.54) is 5.56 Å². The molecule has 0 bridgehead atoms. The summed E-state index contributed by atoms with van der Waals surface area (Å²) < 4.78 is 7.74. The second-order valence-corrected chi connectivity index (χ2v) is 12.8. The maximum absolute atomic E-state index is 6.70. The molecule has 1 saturated carbocycles. The highest BCUT2D eigenvalue weighted by atomic mass is 79.9. The molecule has 19 heavy (non-hydrogen) atoms. The Kier molecular flexibility index (Phi) is 3.74. The molecule has 0 N–H and O–H groups in total. The van der Waals surface area contributed by atoms with Gasteiger partial charge in [0.15, 0.2) is 8.32 Å². The first-order valence-electron chi connectivity index (χ1n) is 6.90. The molecule has 1 fully saturated rings. The molecule has 0 aromatic carbocycles. The molecule has 1 aliphatic rings. The summed E-state index contributed by atoms with van der Waals surface area (Å²) in [6.45, 7) is 13.6. The summed E-state index contributed by atoms with van der Waals surface area (Å²) in [7, 11) is -1.74. The van der Waals surface area contributed by atoms with Gasteiger partial charge >= 0.3 is 0 Å². The quantitative estimate of drug-likeness (QED) is 0.708. The van der Waals surface area contributed by atoms with Gasteiger partial charge in [0, 0.05) is 21.9 Å². The highest BCUT2D eigenvalue weighted by Gasteiger charge is 2.53. The van der Waals surface area contributed by atoms with Gasteiger partial charge in [-0.3, -0.25) is 4.98 Å². The molecule has 0 amide bonds. The standard InChI is InChI=1S/C15H24BrNOSi/c1-11-13(9-12(16)10-17-11)15(7-8-15)18-19(5,6)14(2,3)4/h9-10H,7-8H2,1-6H3. The predicted molar refractivity (Wildman–Crippen MR) is 85.9 cm³/mol. The third-order valence-electron chi connectivity index (χ3n) is 4.51. The molecule has 2 rings (SSSR count). The Labute approximate surface area is 126 Å². The Balaban J connectivity index is 2.32. The van der Waals surface area contributed by atoms with E-state index in [1.54, 1.807) is 0 Å². The number of rotatable bonds is 3. The van der Waals surface area contributed by atoms with E-state index in [4.69, 9.17) is 4.43 Å². The van der Waals surface area contributed by atoms with Crippen LogP contribution in [-0.2, 0) is 10.0 Å². The zero-order valence-corrected chi connectivity index (χ0v) is 15.4. The van der Waals surface area contributed by atoms with Crippen molar-refractivity contribution in [1.29, 1.82) is 0 Å². The zero-order chi connectivity index (χ0) is 14.5. The second kappa shape index (κ2) is 4.67. The van der Waals surface area contributed by atoms with Gasteiger partial charge < -0.3 is 4.43 Å². The monoisotopic (exact) mass is 341 g/mol. The highest BCUT2D eigenvalue weighted by molar-refractivity contribution is 9.10. The summed E-state index contributed by atoms with van der Waals surface area (Å²) in [6, 6.07) is 2.18. The Morgan fingerprint density at radius 1 is 1.32 bits per heavy atom. The minimum atomic E-state index is -1.74. The van der Waals surface area contributed by atoms with Crippen molar-refractivity contribution in [2.75, 3.05) is 0 Å². The predicted octanol–water partition coefficient (Wildman–Crippen LogP) is 5.16. The van der Waals surface area contributed by atoms with Gasteiger partial charge in [0.25, 0.3) is 0 Å². The molecule has 1 aromatic heterocycles. The Morgan fingerprint density at radius 2 is 1.89 bits per heavy atom. The second-order valence-electron chi connectivity index (χ2n) is 7.14. The van der Waals surface area contributed by atoms with Crippen molar-refractivity contribution in [3.8, 4) is 0 Å². The number of hydrogen-bond donors (Lipinski definition) is 0. The Bertz CT molecular complexity index is 489. The van der Waals surface area contributed by atoms with Crippen LogP contribution in [0.1, 0.15) is 44.9 Å². The van der Waals surface area contributed by atoms with Crippen molar-refractivity contribution in [3.05, 3.63) is 28.0 Å². The molecule has 0 saturated heterocycles. The molecule has 4 heteroatoms. The van der Waals surface area contributed by atoms with E-state index in [9.17, 15) is 0 Å². The van der Waals surface area contributed by atoms with E-state index in [0.717, 1.165) is 23.0 Å². The number of hydrogen-bond acceptors (Lipinski definition) is 2. The molecule has 2 nitrogen and oxygen atoms in total. The minimum absolute atomic E-state index is 0.0656. The lowest BCUT2D eigenvalue weighted by Gasteiger charge is -2.40. The SMILES string of the molecule is Cc1ncc(Br)cc1C1(O[Si](C)(C)C(C)(C)C)CC1. The summed E-state index contributed by atoms with van der Waals surface area (Å²) in [5, 5.41) is 0.246. The Hall–Kier alpha value is -0.193. The molecular formula is C15H24BrNOSi. The molecule has 1 aliphatic carbocycles. The lowest BCUT2D eigenvalue weighted by molar-refractivity contribution is 0.158. The third-order valence-corrected chi connectivity index (χ3v) is 9.45. The van der Waals surface area contributed by atoms with E-state index < -0.39 is 8.32 Å². The topological polar surface area (TPSA) is 22.1 Å². The molecule has 0 atom stereocenters. The van der Waals surface area contributed by atoms with Crippen LogP contribution in [-0.4, -0.2) is 13.3 Å². The van der Waals surface area contributed by atoms with Crippen LogP contribution in [0, 0.1) is 6.92 Å². The maximum Gasteiger partial charge on any atom is 0.193 e. The van der Waals surface area contributed by atoms with Crippen LogP contribution < -0.4 is 0 Å². The molecular weight excluding hydrogens is 318 g/mol. The molecule has 1 heterocycles. The van der Waals surface area contributed by atoms with Gasteiger partial charge in [0.2, 0.25) is 0 Å². The average Bonchev–Trinajstić information content (AvgIpc) is 3.00. The molecule has 0 unspecified atom stereocenters. The van der Waals surface area contributed by atoms with E-state index >= 15 is 0 Å². The largest absolute Gasteiger partial charge is 0.407 e. The van der Waals surface area contributed by atoms with Gasteiger partial charge in [-0.1, -0.05) is 20.8 Å².